The molecule has 0 saturated carbocycles. The molecule has 0 N–H and O–H groups in total. The molecule has 0 bridgehead atoms. The first-order valence-corrected chi connectivity index (χ1v) is 19.0. The van der Waals surface area contributed by atoms with Gasteiger partial charge in [0.25, 0.3) is 0 Å². The van der Waals surface area contributed by atoms with Crippen LogP contribution in [0.2, 0.25) is 0 Å². The summed E-state index contributed by atoms with van der Waals surface area (Å²) in [7, 11) is 0. The van der Waals surface area contributed by atoms with Gasteiger partial charge in [0.05, 0.1) is 27.6 Å². The van der Waals surface area contributed by atoms with Gasteiger partial charge in [-0.15, -0.1) is 0 Å². The van der Waals surface area contributed by atoms with E-state index >= 15 is 0 Å². The van der Waals surface area contributed by atoms with Crippen molar-refractivity contribution in [3.05, 3.63) is 175 Å². The molecule has 2 aliphatic rings. The summed E-state index contributed by atoms with van der Waals surface area (Å²) in [6.07, 6.45) is 6.33. The summed E-state index contributed by atoms with van der Waals surface area (Å²) in [5.41, 5.74) is 11.4. The molecule has 2 unspecified atom stereocenters. The summed E-state index contributed by atoms with van der Waals surface area (Å²) >= 11 is 0. The topological polar surface area (TPSA) is 66.2 Å². The van der Waals surface area contributed by atoms with Gasteiger partial charge in [-0.05, 0) is 54.1 Å². The van der Waals surface area contributed by atoms with E-state index in [2.05, 4.69) is 132 Å². The van der Waals surface area contributed by atoms with Gasteiger partial charge in [-0.1, -0.05) is 115 Å². The number of ether oxygens (including phenoxy) is 1. The van der Waals surface area contributed by atoms with Crippen LogP contribution in [0.25, 0.3) is 99.2 Å². The minimum atomic E-state index is -0.194. The van der Waals surface area contributed by atoms with E-state index in [0.717, 1.165) is 105 Å². The monoisotopic (exact) mass is 719 g/mol. The Morgan fingerprint density at radius 1 is 0.554 bits per heavy atom. The molecule has 5 heterocycles. The summed E-state index contributed by atoms with van der Waals surface area (Å²) in [5, 5.41) is 7.40. The van der Waals surface area contributed by atoms with Crippen LogP contribution in [0.4, 0.5) is 0 Å². The van der Waals surface area contributed by atoms with Gasteiger partial charge in [0.2, 0.25) is 5.95 Å². The predicted molar refractivity (Wildman–Crippen MR) is 225 cm³/mol. The van der Waals surface area contributed by atoms with Gasteiger partial charge in [0, 0.05) is 54.9 Å². The average molecular weight is 720 g/mol. The van der Waals surface area contributed by atoms with E-state index in [-0.39, 0.29) is 12.0 Å². The molecule has 1 aliphatic heterocycles. The molecule has 6 nitrogen and oxygen atoms in total. The first-order chi connectivity index (χ1) is 27.8. The van der Waals surface area contributed by atoms with Gasteiger partial charge in [0.15, 0.2) is 0 Å². The van der Waals surface area contributed by atoms with E-state index < -0.39 is 0 Å². The van der Waals surface area contributed by atoms with Crippen LogP contribution in [-0.4, -0.2) is 20.6 Å². The molecule has 11 aromatic rings. The van der Waals surface area contributed by atoms with Crippen LogP contribution >= 0.6 is 0 Å². The lowest BCUT2D eigenvalue weighted by molar-refractivity contribution is 0.278. The number of nitrogens with zero attached hydrogens (tertiary/aromatic N) is 3. The number of allylic oxidation sites excluding steroid dienone is 2. The Hall–Kier alpha value is -7.44. The number of para-hydroxylation sites is 5. The van der Waals surface area contributed by atoms with Gasteiger partial charge in [-0.2, -0.15) is 0 Å². The summed E-state index contributed by atoms with van der Waals surface area (Å²) in [6, 6.07) is 50.5. The molecule has 4 aromatic heterocycles. The van der Waals surface area contributed by atoms with Crippen molar-refractivity contribution < 1.29 is 13.6 Å². The molecule has 262 valence electrons. The second-order valence-corrected chi connectivity index (χ2v) is 14.8. The van der Waals surface area contributed by atoms with Crippen LogP contribution in [-0.2, 0) is 0 Å². The van der Waals surface area contributed by atoms with Crippen molar-refractivity contribution in [3.8, 4) is 22.8 Å². The Morgan fingerprint density at radius 2 is 1.27 bits per heavy atom. The molecule has 56 heavy (non-hydrogen) atoms. The SMILES string of the molecule is C1=CC2c3ccccc3OC2C(c2nc(-n3c4ccc(-c5cccc6c5oc5ccccc56)cc4c4c5oc6ccccc6c5ccc43)nc3ccccc23)=C1. The Labute approximate surface area is 319 Å². The summed E-state index contributed by atoms with van der Waals surface area (Å²) < 4.78 is 22.1. The van der Waals surface area contributed by atoms with Crippen LogP contribution < -0.4 is 4.74 Å². The maximum Gasteiger partial charge on any atom is 0.235 e. The third-order valence-electron chi connectivity index (χ3n) is 11.8. The number of fused-ring (bicyclic) bond motifs is 14. The molecular formula is C50H29N3O3. The number of hydrogen-bond acceptors (Lipinski definition) is 5. The van der Waals surface area contributed by atoms with Crippen LogP contribution in [0, 0.1) is 0 Å². The average Bonchev–Trinajstić information content (AvgIpc) is 4.01. The van der Waals surface area contributed by atoms with Crippen LogP contribution in [0.1, 0.15) is 17.2 Å². The van der Waals surface area contributed by atoms with Crippen molar-refractivity contribution in [2.24, 2.45) is 0 Å². The maximum absolute atomic E-state index is 6.74. The summed E-state index contributed by atoms with van der Waals surface area (Å²) in [5.74, 6) is 1.61. The summed E-state index contributed by atoms with van der Waals surface area (Å²) in [4.78, 5) is 10.8. The zero-order chi connectivity index (χ0) is 36.5. The second kappa shape index (κ2) is 11.1. The fourth-order valence-electron chi connectivity index (χ4n) is 9.31. The highest BCUT2D eigenvalue weighted by Crippen LogP contribution is 2.47. The van der Waals surface area contributed by atoms with Crippen LogP contribution in [0.15, 0.2) is 173 Å². The Kier molecular flexibility index (Phi) is 5.91. The van der Waals surface area contributed by atoms with Crippen LogP contribution in [0.3, 0.4) is 0 Å². The molecule has 0 spiro atoms. The predicted octanol–water partition coefficient (Wildman–Crippen LogP) is 12.7. The Bertz CT molecular complexity index is 3540. The maximum atomic E-state index is 6.74. The van der Waals surface area contributed by atoms with Gasteiger partial charge in [-0.3, -0.25) is 4.57 Å². The van der Waals surface area contributed by atoms with E-state index in [4.69, 9.17) is 23.5 Å². The largest absolute Gasteiger partial charge is 0.484 e. The quantitative estimate of drug-likeness (QED) is 0.182. The second-order valence-electron chi connectivity index (χ2n) is 14.8. The normalized spacial score (nSPS) is 16.4. The molecule has 0 saturated heterocycles. The fraction of sp³-hybridized carbons (Fsp3) is 0.0400. The number of furan rings is 2. The van der Waals surface area contributed by atoms with Gasteiger partial charge >= 0.3 is 0 Å². The molecule has 2 atom stereocenters. The molecule has 0 amide bonds. The smallest absolute Gasteiger partial charge is 0.235 e. The highest BCUT2D eigenvalue weighted by Gasteiger charge is 2.38. The van der Waals surface area contributed by atoms with Crippen molar-refractivity contribution in [3.63, 3.8) is 0 Å². The van der Waals surface area contributed by atoms with E-state index in [1.807, 2.05) is 36.4 Å². The van der Waals surface area contributed by atoms with Crippen LogP contribution in [0.5, 0.6) is 5.75 Å². The first-order valence-electron chi connectivity index (χ1n) is 19.0. The Balaban J connectivity index is 1.09. The zero-order valence-corrected chi connectivity index (χ0v) is 29.8. The van der Waals surface area contributed by atoms with Crippen molar-refractivity contribution in [1.29, 1.82) is 0 Å². The number of hydrogen-bond donors (Lipinski definition) is 0. The third-order valence-corrected chi connectivity index (χ3v) is 11.8. The highest BCUT2D eigenvalue weighted by atomic mass is 16.5. The molecular weight excluding hydrogens is 691 g/mol. The molecule has 1 aliphatic carbocycles. The lowest BCUT2D eigenvalue weighted by Gasteiger charge is -2.23. The van der Waals surface area contributed by atoms with Crippen molar-refractivity contribution in [1.82, 2.24) is 14.5 Å². The van der Waals surface area contributed by atoms with Crippen molar-refractivity contribution >= 4 is 82.2 Å². The number of benzene rings is 7. The van der Waals surface area contributed by atoms with E-state index in [0.29, 0.717) is 5.95 Å². The molecule has 0 fully saturated rings. The third kappa shape index (κ3) is 4.05. The molecule has 13 rings (SSSR count). The van der Waals surface area contributed by atoms with E-state index in [1.54, 1.807) is 0 Å². The lowest BCUT2D eigenvalue weighted by Crippen LogP contribution is -2.22. The highest BCUT2D eigenvalue weighted by molar-refractivity contribution is 6.24. The van der Waals surface area contributed by atoms with Crippen molar-refractivity contribution in [2.75, 3.05) is 0 Å². The molecule has 0 radical (unpaired) electrons. The van der Waals surface area contributed by atoms with E-state index in [1.165, 1.54) is 5.56 Å². The minimum Gasteiger partial charge on any atom is -0.484 e. The first kappa shape index (κ1) is 29.9. The van der Waals surface area contributed by atoms with Gasteiger partial charge < -0.3 is 13.6 Å². The zero-order valence-electron chi connectivity index (χ0n) is 29.8. The molecule has 6 heteroatoms. The standard InChI is InChI=1S/C50H29N3O3/c1-5-19-39-36(14-1)46(37-18-10-17-34-31-12-3-7-21-43(31)55-48(34)37)52-50(51-39)53-40-25-23-28(29-15-9-16-33-30-11-2-6-20-42(30)54-47(29)33)27-38(40)45-41(53)26-24-35-32-13-4-8-22-44(32)56-49(35)45/h1-27,34,48H. The number of rotatable bonds is 3. The Morgan fingerprint density at radius 3 is 2.14 bits per heavy atom. The van der Waals surface area contributed by atoms with Crippen molar-refractivity contribution in [2.45, 2.75) is 12.0 Å². The minimum absolute atomic E-state index is 0.104. The van der Waals surface area contributed by atoms with Gasteiger partial charge in [0.1, 0.15) is 34.2 Å². The number of aromatic nitrogens is 3. The van der Waals surface area contributed by atoms with Gasteiger partial charge in [-0.25, -0.2) is 9.97 Å². The fourth-order valence-corrected chi connectivity index (χ4v) is 9.31. The van der Waals surface area contributed by atoms with E-state index in [9.17, 15) is 0 Å². The lowest BCUT2D eigenvalue weighted by atomic mass is 9.85. The molecule has 7 aromatic carbocycles. The summed E-state index contributed by atoms with van der Waals surface area (Å²) in [6.45, 7) is 0.